The summed E-state index contributed by atoms with van der Waals surface area (Å²) in [6, 6.07) is 23.5. The molecule has 0 spiro atoms. The second-order valence-corrected chi connectivity index (χ2v) is 7.72. The van der Waals surface area contributed by atoms with Crippen LogP contribution in [-0.4, -0.2) is 30.3 Å². The lowest BCUT2D eigenvalue weighted by atomic mass is 10.2. The topological polar surface area (TPSA) is 73.2 Å². The van der Waals surface area contributed by atoms with Gasteiger partial charge in [0.25, 0.3) is 5.91 Å². The molecule has 0 aromatic heterocycles. The van der Waals surface area contributed by atoms with E-state index in [1.54, 1.807) is 55.6 Å². The van der Waals surface area contributed by atoms with E-state index in [4.69, 9.17) is 6.42 Å². The third-order valence-corrected chi connectivity index (χ3v) is 5.54. The maximum absolute atomic E-state index is 13.0. The summed E-state index contributed by atoms with van der Waals surface area (Å²) in [5.74, 6) is 1.90. The number of amides is 2. The van der Waals surface area contributed by atoms with E-state index in [2.05, 4.69) is 17.3 Å². The van der Waals surface area contributed by atoms with Crippen LogP contribution in [0.4, 0.5) is 5.69 Å². The van der Waals surface area contributed by atoms with Crippen molar-refractivity contribution in [2.75, 3.05) is 18.9 Å². The molecule has 0 aliphatic rings. The third-order valence-electron chi connectivity index (χ3n) is 4.39. The lowest BCUT2D eigenvalue weighted by Crippen LogP contribution is -2.35. The summed E-state index contributed by atoms with van der Waals surface area (Å²) in [6.07, 6.45) is 5.39. The van der Waals surface area contributed by atoms with Gasteiger partial charge in [-0.3, -0.25) is 9.59 Å². The number of hydrogen-bond donors (Lipinski definition) is 1. The molecule has 0 aliphatic carbocycles. The molecule has 152 valence electrons. The number of likely N-dealkylation sites (N-methyl/N-ethyl adjacent to an activating group) is 1. The standard InChI is InChI=1S/C25H19N3O2S/c1-3-18-9-8-11-20(15-18)27-24(29)17-28(2)25(30)21-12-5-7-14-23(21)31-22-13-6-4-10-19(22)16-26/h1,4-15H,17H2,2H3,(H,27,29). The van der Waals surface area contributed by atoms with Gasteiger partial charge in [-0.2, -0.15) is 5.26 Å². The maximum atomic E-state index is 13.0. The summed E-state index contributed by atoms with van der Waals surface area (Å²) in [7, 11) is 1.57. The second-order valence-electron chi connectivity index (χ2n) is 6.64. The van der Waals surface area contributed by atoms with Crippen LogP contribution in [0.15, 0.2) is 82.6 Å². The van der Waals surface area contributed by atoms with Gasteiger partial charge in [0.15, 0.2) is 0 Å². The van der Waals surface area contributed by atoms with Gasteiger partial charge in [0.1, 0.15) is 6.07 Å². The SMILES string of the molecule is C#Cc1cccc(NC(=O)CN(C)C(=O)c2ccccc2Sc2ccccc2C#N)c1. The Morgan fingerprint density at radius 3 is 2.48 bits per heavy atom. The molecule has 3 aromatic carbocycles. The average molecular weight is 426 g/mol. The van der Waals surface area contributed by atoms with E-state index in [0.717, 1.165) is 4.90 Å². The number of terminal acetylenes is 1. The molecule has 0 aliphatic heterocycles. The number of nitrogens with one attached hydrogen (secondary N) is 1. The van der Waals surface area contributed by atoms with Crippen LogP contribution in [0, 0.1) is 23.7 Å². The van der Waals surface area contributed by atoms with Gasteiger partial charge >= 0.3 is 0 Å². The number of hydrogen-bond acceptors (Lipinski definition) is 4. The normalized spacial score (nSPS) is 9.90. The first kappa shape index (κ1) is 21.7. The first-order valence-electron chi connectivity index (χ1n) is 9.40. The number of nitriles is 1. The van der Waals surface area contributed by atoms with Crippen LogP contribution < -0.4 is 5.32 Å². The van der Waals surface area contributed by atoms with Crippen LogP contribution in [0.3, 0.4) is 0 Å². The van der Waals surface area contributed by atoms with Crippen molar-refractivity contribution in [1.29, 1.82) is 5.26 Å². The molecule has 2 amide bonds. The van der Waals surface area contributed by atoms with Gasteiger partial charge in [-0.1, -0.05) is 48.0 Å². The van der Waals surface area contributed by atoms with Crippen LogP contribution in [-0.2, 0) is 4.79 Å². The van der Waals surface area contributed by atoms with Gasteiger partial charge in [-0.15, -0.1) is 6.42 Å². The Kier molecular flexibility index (Phi) is 7.11. The Bertz CT molecular complexity index is 1210. The molecular weight excluding hydrogens is 406 g/mol. The Morgan fingerprint density at radius 1 is 1.03 bits per heavy atom. The summed E-state index contributed by atoms with van der Waals surface area (Å²) in [5, 5.41) is 12.1. The maximum Gasteiger partial charge on any atom is 0.255 e. The predicted octanol–water partition coefficient (Wildman–Crippen LogP) is 4.40. The van der Waals surface area contributed by atoms with Crippen molar-refractivity contribution in [3.05, 3.63) is 89.5 Å². The van der Waals surface area contributed by atoms with Crippen LogP contribution in [0.5, 0.6) is 0 Å². The Morgan fingerprint density at radius 2 is 1.74 bits per heavy atom. The number of nitrogens with zero attached hydrogens (tertiary/aromatic N) is 2. The fraction of sp³-hybridized carbons (Fsp3) is 0.0800. The van der Waals surface area contributed by atoms with E-state index < -0.39 is 0 Å². The van der Waals surface area contributed by atoms with Crippen LogP contribution in [0.1, 0.15) is 21.5 Å². The molecule has 3 aromatic rings. The van der Waals surface area contributed by atoms with Gasteiger partial charge < -0.3 is 10.2 Å². The molecule has 0 fully saturated rings. The highest BCUT2D eigenvalue weighted by Gasteiger charge is 2.19. The zero-order chi connectivity index (χ0) is 22.2. The molecule has 5 nitrogen and oxygen atoms in total. The molecule has 3 rings (SSSR count). The lowest BCUT2D eigenvalue weighted by Gasteiger charge is -2.19. The fourth-order valence-electron chi connectivity index (χ4n) is 2.88. The molecule has 0 saturated heterocycles. The van der Waals surface area contributed by atoms with Crippen LogP contribution in [0.25, 0.3) is 0 Å². The lowest BCUT2D eigenvalue weighted by molar-refractivity contribution is -0.116. The van der Waals surface area contributed by atoms with E-state index in [-0.39, 0.29) is 18.4 Å². The first-order valence-corrected chi connectivity index (χ1v) is 10.2. The average Bonchev–Trinajstić information content (AvgIpc) is 2.79. The van der Waals surface area contributed by atoms with Crippen molar-refractivity contribution in [3.63, 3.8) is 0 Å². The van der Waals surface area contributed by atoms with Crippen LogP contribution in [0.2, 0.25) is 0 Å². The van der Waals surface area contributed by atoms with E-state index in [1.165, 1.54) is 16.7 Å². The highest BCUT2D eigenvalue weighted by atomic mass is 32.2. The molecule has 0 unspecified atom stereocenters. The first-order chi connectivity index (χ1) is 15.0. The minimum Gasteiger partial charge on any atom is -0.332 e. The number of anilines is 1. The van der Waals surface area contributed by atoms with Crippen molar-refractivity contribution in [2.45, 2.75) is 9.79 Å². The van der Waals surface area contributed by atoms with Crippen molar-refractivity contribution < 1.29 is 9.59 Å². The Hall–Kier alpha value is -4.00. The Balaban J connectivity index is 1.73. The molecule has 0 saturated carbocycles. The summed E-state index contributed by atoms with van der Waals surface area (Å²) < 4.78 is 0. The smallest absolute Gasteiger partial charge is 0.255 e. The van der Waals surface area contributed by atoms with Crippen molar-refractivity contribution in [1.82, 2.24) is 4.90 Å². The quantitative estimate of drug-likeness (QED) is 0.594. The molecule has 0 atom stereocenters. The van der Waals surface area contributed by atoms with E-state index in [1.807, 2.05) is 24.3 Å². The number of rotatable bonds is 6. The zero-order valence-corrected chi connectivity index (χ0v) is 17.6. The fourth-order valence-corrected chi connectivity index (χ4v) is 3.90. The summed E-state index contributed by atoms with van der Waals surface area (Å²) in [5.41, 5.74) is 2.23. The number of carbonyl (C=O) groups excluding carboxylic acids is 2. The molecule has 0 heterocycles. The van der Waals surface area contributed by atoms with Crippen molar-refractivity contribution in [3.8, 4) is 18.4 Å². The molecular formula is C25H19N3O2S. The van der Waals surface area contributed by atoms with Gasteiger partial charge in [-0.25, -0.2) is 0 Å². The number of carbonyl (C=O) groups is 2. The third kappa shape index (κ3) is 5.54. The highest BCUT2D eigenvalue weighted by molar-refractivity contribution is 7.99. The van der Waals surface area contributed by atoms with Crippen molar-refractivity contribution in [2.24, 2.45) is 0 Å². The minimum absolute atomic E-state index is 0.118. The minimum atomic E-state index is -0.329. The molecule has 0 bridgehead atoms. The van der Waals surface area contributed by atoms with Gasteiger partial charge in [-0.05, 0) is 42.5 Å². The molecule has 1 N–H and O–H groups in total. The summed E-state index contributed by atoms with van der Waals surface area (Å²) in [4.78, 5) is 28.3. The van der Waals surface area contributed by atoms with Gasteiger partial charge in [0, 0.05) is 28.1 Å². The van der Waals surface area contributed by atoms with E-state index in [0.29, 0.717) is 27.3 Å². The highest BCUT2D eigenvalue weighted by Crippen LogP contribution is 2.33. The number of benzene rings is 3. The molecule has 6 heteroatoms. The monoisotopic (exact) mass is 425 g/mol. The van der Waals surface area contributed by atoms with Gasteiger partial charge in [0.2, 0.25) is 5.91 Å². The van der Waals surface area contributed by atoms with E-state index >= 15 is 0 Å². The zero-order valence-electron chi connectivity index (χ0n) is 16.8. The molecule has 31 heavy (non-hydrogen) atoms. The van der Waals surface area contributed by atoms with Crippen molar-refractivity contribution >= 4 is 29.3 Å². The van der Waals surface area contributed by atoms with E-state index in [9.17, 15) is 14.9 Å². The van der Waals surface area contributed by atoms with Gasteiger partial charge in [0.05, 0.1) is 17.7 Å². The largest absolute Gasteiger partial charge is 0.332 e. The summed E-state index contributed by atoms with van der Waals surface area (Å²) in [6.45, 7) is -0.118. The Labute approximate surface area is 185 Å². The van der Waals surface area contributed by atoms with Crippen LogP contribution >= 0.6 is 11.8 Å². The predicted molar refractivity (Wildman–Crippen MR) is 122 cm³/mol. The summed E-state index contributed by atoms with van der Waals surface area (Å²) >= 11 is 1.35. The second kappa shape index (κ2) is 10.2. The molecule has 0 radical (unpaired) electrons.